The normalized spacial score (nSPS) is 10.3. The first kappa shape index (κ1) is 12.9. The Morgan fingerprint density at radius 2 is 1.95 bits per heavy atom. The molecule has 0 fully saturated rings. The van der Waals surface area contributed by atoms with E-state index in [1.807, 2.05) is 6.92 Å². The van der Waals surface area contributed by atoms with E-state index >= 15 is 0 Å². The molecule has 6 nitrogen and oxygen atoms in total. The Balaban J connectivity index is 2.65. The van der Waals surface area contributed by atoms with E-state index in [2.05, 4.69) is 15.3 Å². The van der Waals surface area contributed by atoms with Gasteiger partial charge in [-0.2, -0.15) is 0 Å². The highest BCUT2D eigenvalue weighted by atomic mass is 16.2. The third kappa shape index (κ3) is 2.52. The molecule has 2 aromatic heterocycles. The number of anilines is 1. The molecule has 0 aromatic carbocycles. The number of rotatable bonds is 2. The van der Waals surface area contributed by atoms with Crippen LogP contribution in [0.15, 0.2) is 29.3 Å². The monoisotopic (exact) mass is 258 g/mol. The van der Waals surface area contributed by atoms with Crippen LogP contribution in [0.3, 0.4) is 0 Å². The van der Waals surface area contributed by atoms with E-state index in [4.69, 9.17) is 0 Å². The van der Waals surface area contributed by atoms with Crippen LogP contribution in [-0.2, 0) is 11.8 Å². The molecule has 0 bridgehead atoms. The van der Waals surface area contributed by atoms with Crippen LogP contribution < -0.4 is 10.9 Å². The van der Waals surface area contributed by atoms with Crippen molar-refractivity contribution < 1.29 is 4.79 Å². The number of pyridine rings is 1. The van der Waals surface area contributed by atoms with Gasteiger partial charge in [-0.25, -0.2) is 9.97 Å². The summed E-state index contributed by atoms with van der Waals surface area (Å²) in [4.78, 5) is 31.5. The Hall–Kier alpha value is -2.50. The highest BCUT2D eigenvalue weighted by Crippen LogP contribution is 2.20. The maximum atomic E-state index is 12.0. The molecule has 2 aromatic rings. The molecule has 0 saturated carbocycles. The SMILES string of the molecule is CC(=O)Nc1cc(-c2ncccn2)c(C)n(C)c1=O. The lowest BCUT2D eigenvalue weighted by Gasteiger charge is -2.12. The predicted molar refractivity (Wildman–Crippen MR) is 71.7 cm³/mol. The summed E-state index contributed by atoms with van der Waals surface area (Å²) < 4.78 is 1.47. The summed E-state index contributed by atoms with van der Waals surface area (Å²) in [6.07, 6.45) is 3.26. The lowest BCUT2D eigenvalue weighted by molar-refractivity contribution is -0.114. The average molecular weight is 258 g/mol. The standard InChI is InChI=1S/C13H14N4O2/c1-8-10(12-14-5-4-6-15-12)7-11(16-9(2)18)13(19)17(8)3/h4-7H,1-3H3,(H,16,18). The van der Waals surface area contributed by atoms with Crippen molar-refractivity contribution in [2.24, 2.45) is 7.05 Å². The van der Waals surface area contributed by atoms with Crippen LogP contribution in [0.25, 0.3) is 11.4 Å². The van der Waals surface area contributed by atoms with E-state index in [9.17, 15) is 9.59 Å². The molecule has 0 atom stereocenters. The lowest BCUT2D eigenvalue weighted by Crippen LogP contribution is -2.25. The Kier molecular flexibility index (Phi) is 3.41. The third-order valence-electron chi connectivity index (χ3n) is 2.83. The van der Waals surface area contributed by atoms with Crippen LogP contribution in [0, 0.1) is 6.92 Å². The van der Waals surface area contributed by atoms with Crippen molar-refractivity contribution in [1.82, 2.24) is 14.5 Å². The summed E-state index contributed by atoms with van der Waals surface area (Å²) in [6, 6.07) is 3.32. The molecular formula is C13H14N4O2. The molecule has 1 amide bonds. The first-order valence-electron chi connectivity index (χ1n) is 5.76. The van der Waals surface area contributed by atoms with Gasteiger partial charge in [0, 0.05) is 37.6 Å². The molecule has 0 spiro atoms. The number of amides is 1. The quantitative estimate of drug-likeness (QED) is 0.875. The molecule has 0 aliphatic carbocycles. The summed E-state index contributed by atoms with van der Waals surface area (Å²) in [5.74, 6) is 0.225. The van der Waals surface area contributed by atoms with Crippen molar-refractivity contribution in [2.45, 2.75) is 13.8 Å². The Bertz CT molecular complexity index is 677. The fourth-order valence-electron chi connectivity index (χ4n) is 1.77. The molecule has 98 valence electrons. The van der Waals surface area contributed by atoms with E-state index in [1.54, 1.807) is 31.6 Å². The Morgan fingerprint density at radius 3 is 2.53 bits per heavy atom. The Morgan fingerprint density at radius 1 is 1.32 bits per heavy atom. The molecule has 2 rings (SSSR count). The highest BCUT2D eigenvalue weighted by molar-refractivity contribution is 5.89. The second-order valence-electron chi connectivity index (χ2n) is 4.17. The van der Waals surface area contributed by atoms with Crippen LogP contribution in [0.4, 0.5) is 5.69 Å². The van der Waals surface area contributed by atoms with Crippen LogP contribution in [0.5, 0.6) is 0 Å². The number of nitrogens with one attached hydrogen (secondary N) is 1. The topological polar surface area (TPSA) is 76.9 Å². The van der Waals surface area contributed by atoms with Gasteiger partial charge >= 0.3 is 0 Å². The van der Waals surface area contributed by atoms with Crippen LogP contribution >= 0.6 is 0 Å². The number of hydrogen-bond acceptors (Lipinski definition) is 4. The molecule has 0 aliphatic rings. The van der Waals surface area contributed by atoms with Gasteiger partial charge in [-0.05, 0) is 19.1 Å². The van der Waals surface area contributed by atoms with E-state index in [-0.39, 0.29) is 17.2 Å². The molecule has 2 heterocycles. The second-order valence-corrected chi connectivity index (χ2v) is 4.17. The van der Waals surface area contributed by atoms with E-state index in [0.717, 1.165) is 5.69 Å². The number of nitrogens with zero attached hydrogens (tertiary/aromatic N) is 3. The molecule has 0 saturated heterocycles. The summed E-state index contributed by atoms with van der Waals surface area (Å²) >= 11 is 0. The van der Waals surface area contributed by atoms with Gasteiger partial charge in [-0.1, -0.05) is 0 Å². The van der Waals surface area contributed by atoms with Gasteiger partial charge in [0.15, 0.2) is 5.82 Å². The molecule has 0 unspecified atom stereocenters. The van der Waals surface area contributed by atoms with Gasteiger partial charge in [-0.15, -0.1) is 0 Å². The third-order valence-corrected chi connectivity index (χ3v) is 2.83. The van der Waals surface area contributed by atoms with Gasteiger partial charge in [0.25, 0.3) is 5.56 Å². The molecule has 0 aliphatic heterocycles. The summed E-state index contributed by atoms with van der Waals surface area (Å²) in [5, 5.41) is 2.52. The maximum absolute atomic E-state index is 12.0. The zero-order valence-electron chi connectivity index (χ0n) is 11.0. The first-order valence-corrected chi connectivity index (χ1v) is 5.76. The number of carbonyl (C=O) groups excluding carboxylic acids is 1. The van der Waals surface area contributed by atoms with Gasteiger partial charge < -0.3 is 9.88 Å². The fraction of sp³-hybridized carbons (Fsp3) is 0.231. The molecule has 1 N–H and O–H groups in total. The smallest absolute Gasteiger partial charge is 0.274 e. The van der Waals surface area contributed by atoms with Crippen molar-refractivity contribution in [3.05, 3.63) is 40.6 Å². The highest BCUT2D eigenvalue weighted by Gasteiger charge is 2.13. The average Bonchev–Trinajstić information content (AvgIpc) is 2.40. The van der Waals surface area contributed by atoms with Gasteiger partial charge in [0.05, 0.1) is 0 Å². The molecule has 0 radical (unpaired) electrons. The number of hydrogen-bond donors (Lipinski definition) is 1. The molecular weight excluding hydrogens is 244 g/mol. The van der Waals surface area contributed by atoms with Crippen molar-refractivity contribution >= 4 is 11.6 Å². The zero-order chi connectivity index (χ0) is 14.0. The minimum absolute atomic E-state index is 0.225. The van der Waals surface area contributed by atoms with Crippen molar-refractivity contribution in [2.75, 3.05) is 5.32 Å². The van der Waals surface area contributed by atoms with Gasteiger partial charge in [-0.3, -0.25) is 9.59 Å². The van der Waals surface area contributed by atoms with E-state index in [1.165, 1.54) is 11.5 Å². The fourth-order valence-corrected chi connectivity index (χ4v) is 1.77. The van der Waals surface area contributed by atoms with E-state index < -0.39 is 0 Å². The number of carbonyl (C=O) groups is 1. The van der Waals surface area contributed by atoms with Crippen molar-refractivity contribution in [3.8, 4) is 11.4 Å². The Labute approximate surface area is 110 Å². The lowest BCUT2D eigenvalue weighted by atomic mass is 10.1. The summed E-state index contributed by atoms with van der Waals surface area (Å²) in [6.45, 7) is 3.17. The largest absolute Gasteiger partial charge is 0.322 e. The minimum Gasteiger partial charge on any atom is -0.322 e. The first-order chi connectivity index (χ1) is 9.00. The van der Waals surface area contributed by atoms with Crippen molar-refractivity contribution in [1.29, 1.82) is 0 Å². The van der Waals surface area contributed by atoms with Crippen molar-refractivity contribution in [3.63, 3.8) is 0 Å². The van der Waals surface area contributed by atoms with Gasteiger partial charge in [0.2, 0.25) is 5.91 Å². The van der Waals surface area contributed by atoms with E-state index in [0.29, 0.717) is 11.4 Å². The van der Waals surface area contributed by atoms with Crippen LogP contribution in [-0.4, -0.2) is 20.4 Å². The zero-order valence-corrected chi connectivity index (χ0v) is 11.0. The summed E-state index contributed by atoms with van der Waals surface area (Å²) in [5.41, 5.74) is 1.42. The minimum atomic E-state index is -0.291. The van der Waals surface area contributed by atoms with Gasteiger partial charge in [0.1, 0.15) is 5.69 Å². The molecule has 19 heavy (non-hydrogen) atoms. The second kappa shape index (κ2) is 5.01. The molecule has 6 heteroatoms. The summed E-state index contributed by atoms with van der Waals surface area (Å²) in [7, 11) is 1.65. The predicted octanol–water partition coefficient (Wildman–Crippen LogP) is 1.11. The van der Waals surface area contributed by atoms with Crippen LogP contribution in [0.1, 0.15) is 12.6 Å². The number of aromatic nitrogens is 3. The maximum Gasteiger partial charge on any atom is 0.274 e. The van der Waals surface area contributed by atoms with Crippen LogP contribution in [0.2, 0.25) is 0 Å².